The molecule has 1 aliphatic rings. The van der Waals surface area contributed by atoms with Gasteiger partial charge in [0.25, 0.3) is 0 Å². The summed E-state index contributed by atoms with van der Waals surface area (Å²) in [7, 11) is -3.17. The third-order valence-corrected chi connectivity index (χ3v) is 5.10. The minimum absolute atomic E-state index is 0.145. The molecule has 0 N–H and O–H groups in total. The Labute approximate surface area is 124 Å². The maximum atomic E-state index is 12.0. The highest BCUT2D eigenvalue weighted by molar-refractivity contribution is 7.88. The van der Waals surface area contributed by atoms with Crippen molar-refractivity contribution in [2.75, 3.05) is 19.3 Å². The maximum absolute atomic E-state index is 12.0. The van der Waals surface area contributed by atoms with Crippen LogP contribution in [0.5, 0.6) is 0 Å². The lowest BCUT2D eigenvalue weighted by atomic mass is 9.98. The van der Waals surface area contributed by atoms with Crippen molar-refractivity contribution in [1.29, 1.82) is 0 Å². The number of aryl methyl sites for hydroxylation is 2. The van der Waals surface area contributed by atoms with Crippen LogP contribution in [-0.4, -0.2) is 43.2 Å². The van der Waals surface area contributed by atoms with Crippen LogP contribution in [0.25, 0.3) is 0 Å². The molecule has 1 aliphatic heterocycles. The van der Waals surface area contributed by atoms with Crippen LogP contribution in [0.4, 0.5) is 0 Å². The number of ether oxygens (including phenoxy) is 1. The number of esters is 1. The number of nitrogens with zero attached hydrogens (tertiary/aromatic N) is 2. The van der Waals surface area contributed by atoms with Gasteiger partial charge >= 0.3 is 5.97 Å². The monoisotopic (exact) mass is 316 g/mol. The van der Waals surface area contributed by atoms with Gasteiger partial charge in [0.15, 0.2) is 0 Å². The zero-order valence-electron chi connectivity index (χ0n) is 12.5. The van der Waals surface area contributed by atoms with Gasteiger partial charge in [0, 0.05) is 13.1 Å². The highest BCUT2D eigenvalue weighted by atomic mass is 32.2. The van der Waals surface area contributed by atoms with E-state index in [1.807, 2.05) is 0 Å². The van der Waals surface area contributed by atoms with Gasteiger partial charge in [-0.25, -0.2) is 12.7 Å². The van der Waals surface area contributed by atoms with Crippen molar-refractivity contribution in [2.24, 2.45) is 5.92 Å². The second-order valence-corrected chi connectivity index (χ2v) is 7.33. The van der Waals surface area contributed by atoms with Crippen LogP contribution in [0.15, 0.2) is 4.52 Å². The first kappa shape index (κ1) is 16.0. The van der Waals surface area contributed by atoms with Crippen LogP contribution in [0.3, 0.4) is 0 Å². The molecule has 1 aromatic heterocycles. The minimum Gasteiger partial charge on any atom is -0.460 e. The van der Waals surface area contributed by atoms with Gasteiger partial charge in [-0.1, -0.05) is 5.16 Å². The van der Waals surface area contributed by atoms with E-state index in [-0.39, 0.29) is 18.5 Å². The third kappa shape index (κ3) is 3.82. The maximum Gasteiger partial charge on any atom is 0.309 e. The van der Waals surface area contributed by atoms with Crippen LogP contribution in [0, 0.1) is 19.8 Å². The molecule has 0 amide bonds. The summed E-state index contributed by atoms with van der Waals surface area (Å²) < 4.78 is 34.5. The average molecular weight is 316 g/mol. The first-order chi connectivity index (χ1) is 9.79. The fourth-order valence-electron chi connectivity index (χ4n) is 2.39. The summed E-state index contributed by atoms with van der Waals surface area (Å²) in [5, 5.41) is 3.80. The first-order valence-corrected chi connectivity index (χ1v) is 8.67. The molecule has 118 valence electrons. The Morgan fingerprint density at radius 3 is 2.48 bits per heavy atom. The lowest BCUT2D eigenvalue weighted by Gasteiger charge is -2.28. The predicted molar refractivity (Wildman–Crippen MR) is 74.9 cm³/mol. The van der Waals surface area contributed by atoms with E-state index in [1.54, 1.807) is 13.8 Å². The van der Waals surface area contributed by atoms with Crippen molar-refractivity contribution in [1.82, 2.24) is 9.46 Å². The molecular formula is C13H20N2O5S. The second-order valence-electron chi connectivity index (χ2n) is 5.35. The Morgan fingerprint density at radius 1 is 1.38 bits per heavy atom. The molecule has 0 unspecified atom stereocenters. The molecule has 0 spiro atoms. The number of piperidine rings is 1. The van der Waals surface area contributed by atoms with Crippen molar-refractivity contribution < 1.29 is 22.5 Å². The molecule has 8 heteroatoms. The minimum atomic E-state index is -3.17. The quantitative estimate of drug-likeness (QED) is 0.770. The van der Waals surface area contributed by atoms with Gasteiger partial charge in [-0.3, -0.25) is 4.79 Å². The van der Waals surface area contributed by atoms with E-state index in [9.17, 15) is 13.2 Å². The summed E-state index contributed by atoms with van der Waals surface area (Å²) >= 11 is 0. The molecule has 0 aliphatic carbocycles. The Kier molecular flexibility index (Phi) is 4.67. The van der Waals surface area contributed by atoms with Crippen LogP contribution >= 0.6 is 0 Å². The third-order valence-electron chi connectivity index (χ3n) is 3.80. The van der Waals surface area contributed by atoms with Gasteiger partial charge in [-0.15, -0.1) is 0 Å². The molecule has 0 bridgehead atoms. The molecule has 0 atom stereocenters. The molecular weight excluding hydrogens is 296 g/mol. The average Bonchev–Trinajstić information content (AvgIpc) is 2.75. The van der Waals surface area contributed by atoms with Gasteiger partial charge in [0.1, 0.15) is 12.4 Å². The summed E-state index contributed by atoms with van der Waals surface area (Å²) in [6.07, 6.45) is 2.17. The zero-order chi connectivity index (χ0) is 15.6. The standard InChI is InChI=1S/C13H20N2O5S/c1-9-12(10(2)20-14-9)8-19-13(16)11-4-6-15(7-5-11)21(3,17)18/h11H,4-8H2,1-3H3. The number of sulfonamides is 1. The van der Waals surface area contributed by atoms with E-state index in [0.717, 1.165) is 5.56 Å². The predicted octanol–water partition coefficient (Wildman–Crippen LogP) is 1.01. The highest BCUT2D eigenvalue weighted by Crippen LogP contribution is 2.21. The van der Waals surface area contributed by atoms with Crippen molar-refractivity contribution in [3.63, 3.8) is 0 Å². The SMILES string of the molecule is Cc1noc(C)c1COC(=O)C1CCN(S(C)(=O)=O)CC1. The molecule has 1 saturated heterocycles. The number of hydrogen-bond acceptors (Lipinski definition) is 6. The summed E-state index contributed by atoms with van der Waals surface area (Å²) in [6.45, 7) is 4.44. The van der Waals surface area contributed by atoms with Gasteiger partial charge in [-0.2, -0.15) is 0 Å². The smallest absolute Gasteiger partial charge is 0.309 e. The molecule has 0 saturated carbocycles. The fourth-order valence-corrected chi connectivity index (χ4v) is 3.27. The van der Waals surface area contributed by atoms with E-state index in [4.69, 9.17) is 9.26 Å². The topological polar surface area (TPSA) is 89.7 Å². The largest absolute Gasteiger partial charge is 0.460 e. The highest BCUT2D eigenvalue weighted by Gasteiger charge is 2.30. The van der Waals surface area contributed by atoms with Crippen LogP contribution < -0.4 is 0 Å². The van der Waals surface area contributed by atoms with Crippen molar-refractivity contribution >= 4 is 16.0 Å². The number of carbonyl (C=O) groups excluding carboxylic acids is 1. The molecule has 0 radical (unpaired) electrons. The summed E-state index contributed by atoms with van der Waals surface area (Å²) in [6, 6.07) is 0. The van der Waals surface area contributed by atoms with Crippen LogP contribution in [0.1, 0.15) is 29.9 Å². The van der Waals surface area contributed by atoms with Crippen molar-refractivity contribution in [2.45, 2.75) is 33.3 Å². The molecule has 1 fully saturated rings. The Bertz CT molecular complexity index is 595. The zero-order valence-corrected chi connectivity index (χ0v) is 13.3. The normalized spacial score (nSPS) is 17.9. The molecule has 7 nitrogen and oxygen atoms in total. The molecule has 2 heterocycles. The molecule has 2 rings (SSSR count). The van der Waals surface area contributed by atoms with Crippen molar-refractivity contribution in [3.05, 3.63) is 17.0 Å². The lowest BCUT2D eigenvalue weighted by Crippen LogP contribution is -2.40. The summed E-state index contributed by atoms with van der Waals surface area (Å²) in [5.41, 5.74) is 1.50. The number of aromatic nitrogens is 1. The number of hydrogen-bond donors (Lipinski definition) is 0. The van der Waals surface area contributed by atoms with Crippen LogP contribution in [-0.2, 0) is 26.2 Å². The van der Waals surface area contributed by atoms with E-state index in [1.165, 1.54) is 10.6 Å². The van der Waals surface area contributed by atoms with Crippen LogP contribution in [0.2, 0.25) is 0 Å². The molecule has 0 aromatic carbocycles. The second kappa shape index (κ2) is 6.15. The first-order valence-electron chi connectivity index (χ1n) is 6.82. The van der Waals surface area contributed by atoms with E-state index in [0.29, 0.717) is 37.4 Å². The summed E-state index contributed by atoms with van der Waals surface area (Å²) in [4.78, 5) is 12.0. The van der Waals surface area contributed by atoms with Gasteiger partial charge in [-0.05, 0) is 26.7 Å². The Balaban J connectivity index is 1.86. The Morgan fingerprint density at radius 2 is 2.00 bits per heavy atom. The number of rotatable bonds is 4. The number of carbonyl (C=O) groups is 1. The van der Waals surface area contributed by atoms with Gasteiger partial charge < -0.3 is 9.26 Å². The fraction of sp³-hybridized carbons (Fsp3) is 0.692. The molecule has 1 aromatic rings. The molecule has 21 heavy (non-hydrogen) atoms. The van der Waals surface area contributed by atoms with Gasteiger partial charge in [0.2, 0.25) is 10.0 Å². The summed E-state index contributed by atoms with van der Waals surface area (Å²) in [5.74, 6) is 0.110. The van der Waals surface area contributed by atoms with Crippen molar-refractivity contribution in [3.8, 4) is 0 Å². The van der Waals surface area contributed by atoms with Gasteiger partial charge in [0.05, 0.1) is 23.4 Å². The lowest BCUT2D eigenvalue weighted by molar-refractivity contribution is -0.151. The van der Waals surface area contributed by atoms with E-state index in [2.05, 4.69) is 5.16 Å². The van der Waals surface area contributed by atoms with E-state index < -0.39 is 10.0 Å². The Hall–Kier alpha value is -1.41. The van der Waals surface area contributed by atoms with E-state index >= 15 is 0 Å².